The van der Waals surface area contributed by atoms with Crippen LogP contribution in [0.3, 0.4) is 0 Å². The van der Waals surface area contributed by atoms with Crippen LogP contribution < -0.4 is 12.4 Å². The summed E-state index contributed by atoms with van der Waals surface area (Å²) >= 11 is 0. The molecule has 0 saturated heterocycles. The highest BCUT2D eigenvalue weighted by atomic mass is 35.5. The number of thiophene rings is 1. The lowest BCUT2D eigenvalue weighted by Crippen LogP contribution is -3.00. The summed E-state index contributed by atoms with van der Waals surface area (Å²) in [5.74, 6) is 1.27. The largest absolute Gasteiger partial charge is 1.00 e. The van der Waals surface area contributed by atoms with Crippen LogP contribution in [0.5, 0.6) is 0 Å². The van der Waals surface area contributed by atoms with Crippen molar-refractivity contribution in [2.45, 2.75) is 19.6 Å². The van der Waals surface area contributed by atoms with Gasteiger partial charge in [0.25, 0.3) is 0 Å². The molecule has 0 bridgehead atoms. The van der Waals surface area contributed by atoms with Gasteiger partial charge in [0.1, 0.15) is 16.5 Å². The minimum Gasteiger partial charge on any atom is -1.00 e. The lowest BCUT2D eigenvalue weighted by atomic mass is 10.4. The standard InChI is InChI=1S/C7H11S.ClH/c1-3-8-5-4-7(2)6-8;/h4-6H,3H2,1-2H3;1H/q+1;/p-1. The molecule has 0 radical (unpaired) electrons. The Morgan fingerprint density at radius 1 is 1.56 bits per heavy atom. The molecule has 1 unspecified atom stereocenters. The van der Waals surface area contributed by atoms with Gasteiger partial charge in [-0.3, -0.25) is 0 Å². The molecular weight excluding hydrogens is 152 g/mol. The van der Waals surface area contributed by atoms with Crippen molar-refractivity contribution in [2.24, 2.45) is 0 Å². The van der Waals surface area contributed by atoms with Crippen molar-refractivity contribution in [2.75, 3.05) is 0 Å². The molecule has 0 amide bonds. The van der Waals surface area contributed by atoms with Gasteiger partial charge in [0.2, 0.25) is 0 Å². The molecule has 0 fully saturated rings. The number of hydrogen-bond acceptors (Lipinski definition) is 0. The van der Waals surface area contributed by atoms with Crippen molar-refractivity contribution >= 4 is 10.5 Å². The van der Waals surface area contributed by atoms with Crippen LogP contribution in [0, 0.1) is 6.92 Å². The first-order valence-corrected chi connectivity index (χ1v) is 4.40. The van der Waals surface area contributed by atoms with E-state index in [4.69, 9.17) is 0 Å². The molecular formula is C7H11ClS. The molecule has 1 heterocycles. The average Bonchev–Trinajstić information content (AvgIpc) is 2.14. The second kappa shape index (κ2) is 3.91. The summed E-state index contributed by atoms with van der Waals surface area (Å²) < 4.78 is 0. The zero-order valence-electron chi connectivity index (χ0n) is 5.73. The Morgan fingerprint density at radius 2 is 2.22 bits per heavy atom. The molecule has 1 aromatic heterocycles. The molecule has 0 spiro atoms. The van der Waals surface area contributed by atoms with Crippen molar-refractivity contribution in [3.63, 3.8) is 0 Å². The SMILES string of the molecule is CC[s+]1ccc(C)c1.[Cl-]. The fourth-order valence-corrected chi connectivity index (χ4v) is 2.07. The maximum Gasteiger partial charge on any atom is 0.140 e. The fourth-order valence-electron chi connectivity index (χ4n) is 0.692. The van der Waals surface area contributed by atoms with Crippen LogP contribution in [-0.2, 0) is 5.75 Å². The van der Waals surface area contributed by atoms with Crippen LogP contribution in [0.1, 0.15) is 12.5 Å². The summed E-state index contributed by atoms with van der Waals surface area (Å²) in [5, 5.41) is 4.62. The highest BCUT2D eigenvalue weighted by Gasteiger charge is 1.97. The van der Waals surface area contributed by atoms with Crippen LogP contribution >= 0.6 is 10.5 Å². The maximum absolute atomic E-state index is 2.33. The van der Waals surface area contributed by atoms with Gasteiger partial charge in [0.15, 0.2) is 0 Å². The third-order valence-electron chi connectivity index (χ3n) is 1.18. The summed E-state index contributed by atoms with van der Waals surface area (Å²) in [6.07, 6.45) is 0. The van der Waals surface area contributed by atoms with Crippen LogP contribution in [-0.4, -0.2) is 0 Å². The highest BCUT2D eigenvalue weighted by Crippen LogP contribution is 2.19. The van der Waals surface area contributed by atoms with Gasteiger partial charge >= 0.3 is 0 Å². The van der Waals surface area contributed by atoms with Crippen LogP contribution in [0.15, 0.2) is 16.8 Å². The maximum atomic E-state index is 2.33. The Bertz CT molecular complexity index is 169. The van der Waals surface area contributed by atoms with E-state index in [0.717, 1.165) is 0 Å². The minimum absolute atomic E-state index is 0. The molecule has 2 heteroatoms. The van der Waals surface area contributed by atoms with E-state index in [1.807, 2.05) is 0 Å². The third kappa shape index (κ3) is 2.37. The van der Waals surface area contributed by atoms with Crippen molar-refractivity contribution in [1.29, 1.82) is 0 Å². The molecule has 1 rings (SSSR count). The molecule has 0 aromatic carbocycles. The molecule has 1 atom stereocenters. The Balaban J connectivity index is 0.000000640. The molecule has 52 valence electrons. The monoisotopic (exact) mass is 162 g/mol. The number of aryl methyl sites for hydroxylation is 2. The van der Waals surface area contributed by atoms with Gasteiger partial charge in [-0.1, -0.05) is 0 Å². The fraction of sp³-hybridized carbons (Fsp3) is 0.429. The average molecular weight is 163 g/mol. The van der Waals surface area contributed by atoms with Crippen molar-refractivity contribution in [3.05, 3.63) is 22.4 Å². The lowest BCUT2D eigenvalue weighted by Gasteiger charge is -1.71. The second-order valence-corrected chi connectivity index (χ2v) is 3.95. The lowest BCUT2D eigenvalue weighted by molar-refractivity contribution is -0.00000178. The van der Waals surface area contributed by atoms with Crippen molar-refractivity contribution in [3.8, 4) is 0 Å². The quantitative estimate of drug-likeness (QED) is 0.501. The van der Waals surface area contributed by atoms with Gasteiger partial charge in [-0.15, -0.1) is 0 Å². The van der Waals surface area contributed by atoms with Crippen LogP contribution in [0.2, 0.25) is 0 Å². The zero-order chi connectivity index (χ0) is 5.98. The van der Waals surface area contributed by atoms with Gasteiger partial charge < -0.3 is 12.4 Å². The number of hydrogen-bond donors (Lipinski definition) is 0. The topological polar surface area (TPSA) is 0 Å². The predicted molar refractivity (Wildman–Crippen MR) is 39.3 cm³/mol. The molecule has 0 aliphatic rings. The van der Waals surface area contributed by atoms with Gasteiger partial charge in [-0.05, 0) is 30.4 Å². The molecule has 0 nitrogen and oxygen atoms in total. The van der Waals surface area contributed by atoms with Gasteiger partial charge in [0.05, 0.1) is 0 Å². The third-order valence-corrected chi connectivity index (χ3v) is 3.00. The summed E-state index contributed by atoms with van der Waals surface area (Å²) in [6, 6.07) is 2.20. The second-order valence-electron chi connectivity index (χ2n) is 1.92. The minimum atomic E-state index is 0. The van der Waals surface area contributed by atoms with E-state index in [0.29, 0.717) is 10.5 Å². The van der Waals surface area contributed by atoms with E-state index in [-0.39, 0.29) is 12.4 Å². The van der Waals surface area contributed by atoms with Gasteiger partial charge in [-0.25, -0.2) is 0 Å². The van der Waals surface area contributed by atoms with Gasteiger partial charge in [-0.2, -0.15) is 0 Å². The molecule has 0 aliphatic carbocycles. The van der Waals surface area contributed by atoms with E-state index in [1.165, 1.54) is 11.3 Å². The smallest absolute Gasteiger partial charge is 0.140 e. The Hall–Kier alpha value is -0.0100. The van der Waals surface area contributed by atoms with Crippen LogP contribution in [0.4, 0.5) is 0 Å². The van der Waals surface area contributed by atoms with Crippen molar-refractivity contribution in [1.82, 2.24) is 0 Å². The summed E-state index contributed by atoms with van der Waals surface area (Å²) in [5.41, 5.74) is 1.43. The van der Waals surface area contributed by atoms with Crippen molar-refractivity contribution < 1.29 is 12.4 Å². The number of halogens is 1. The molecule has 0 saturated carbocycles. The molecule has 1 aromatic rings. The summed E-state index contributed by atoms with van der Waals surface area (Å²) in [7, 11) is 0.493. The van der Waals surface area contributed by atoms with E-state index in [2.05, 4.69) is 30.7 Å². The first-order chi connectivity index (χ1) is 3.83. The predicted octanol–water partition coefficient (Wildman–Crippen LogP) is -0.232. The normalized spacial score (nSPS) is 10.7. The first kappa shape index (κ1) is 8.99. The van der Waals surface area contributed by atoms with E-state index < -0.39 is 0 Å². The summed E-state index contributed by atoms with van der Waals surface area (Å²) in [4.78, 5) is 0. The molecule has 9 heavy (non-hydrogen) atoms. The molecule has 0 N–H and O–H groups in total. The first-order valence-electron chi connectivity index (χ1n) is 2.88. The van der Waals surface area contributed by atoms with E-state index in [9.17, 15) is 0 Å². The van der Waals surface area contributed by atoms with E-state index >= 15 is 0 Å². The Morgan fingerprint density at radius 3 is 2.44 bits per heavy atom. The zero-order valence-corrected chi connectivity index (χ0v) is 7.30. The van der Waals surface area contributed by atoms with Crippen LogP contribution in [0.25, 0.3) is 0 Å². The molecule has 0 aliphatic heterocycles. The highest BCUT2D eigenvalue weighted by molar-refractivity contribution is 7.27. The number of rotatable bonds is 1. The van der Waals surface area contributed by atoms with Gasteiger partial charge in [0, 0.05) is 5.56 Å². The summed E-state index contributed by atoms with van der Waals surface area (Å²) in [6.45, 7) is 4.38. The van der Waals surface area contributed by atoms with E-state index in [1.54, 1.807) is 0 Å². The Labute approximate surface area is 65.3 Å². The Kier molecular flexibility index (Phi) is 3.91.